The molecule has 1 rings (SSSR count). The van der Waals surface area contributed by atoms with Gasteiger partial charge in [-0.05, 0) is 0 Å². The average Bonchev–Trinajstić information content (AvgIpc) is 2.53. The summed E-state index contributed by atoms with van der Waals surface area (Å²) in [6.07, 6.45) is 3.94. The first-order valence-corrected chi connectivity index (χ1v) is 4.15. The summed E-state index contributed by atoms with van der Waals surface area (Å²) in [4.78, 5) is 14.8. The lowest BCUT2D eigenvalue weighted by Gasteiger charge is -2.13. The van der Waals surface area contributed by atoms with Gasteiger partial charge in [-0.2, -0.15) is 0 Å². The van der Waals surface area contributed by atoms with Gasteiger partial charge in [0.15, 0.2) is 0 Å². The first-order valence-electron chi connectivity index (χ1n) is 4.15. The van der Waals surface area contributed by atoms with Crippen molar-refractivity contribution in [2.24, 2.45) is 5.73 Å². The van der Waals surface area contributed by atoms with E-state index in [0.29, 0.717) is 6.42 Å². The smallest absolute Gasteiger partial charge is 0.328 e. The van der Waals surface area contributed by atoms with Crippen molar-refractivity contribution in [3.05, 3.63) is 18.2 Å². The van der Waals surface area contributed by atoms with Crippen LogP contribution in [0, 0.1) is 0 Å². The van der Waals surface area contributed by atoms with Crippen LogP contribution in [0.25, 0.3) is 0 Å². The minimum atomic E-state index is -0.921. The van der Waals surface area contributed by atoms with Crippen LogP contribution < -0.4 is 5.73 Å². The Bertz CT molecular complexity index is 295. The van der Waals surface area contributed by atoms with E-state index in [1.54, 1.807) is 17.0 Å². The highest BCUT2D eigenvalue weighted by molar-refractivity contribution is 5.72. The Kier molecular flexibility index (Phi) is 3.02. The highest BCUT2D eigenvalue weighted by Gasteiger charge is 2.19. The number of aliphatic carboxylic acids is 1. The molecule has 0 bridgehead atoms. The van der Waals surface area contributed by atoms with Gasteiger partial charge in [0.05, 0.1) is 0 Å². The fraction of sp³-hybridized carbons (Fsp3) is 0.500. The lowest BCUT2D eigenvalue weighted by atomic mass is 10.3. The van der Waals surface area contributed by atoms with Gasteiger partial charge in [0.1, 0.15) is 11.9 Å². The number of hydrogen-bond donors (Lipinski definition) is 2. The predicted molar refractivity (Wildman–Crippen MR) is 47.3 cm³/mol. The van der Waals surface area contributed by atoms with E-state index >= 15 is 0 Å². The molecule has 1 aromatic rings. The fourth-order valence-corrected chi connectivity index (χ4v) is 1.23. The SMILES string of the molecule is CCc1nccn1C(CN)C(=O)O. The summed E-state index contributed by atoms with van der Waals surface area (Å²) in [6, 6.07) is -0.697. The highest BCUT2D eigenvalue weighted by Crippen LogP contribution is 2.09. The van der Waals surface area contributed by atoms with E-state index in [2.05, 4.69) is 4.98 Å². The maximum Gasteiger partial charge on any atom is 0.328 e. The molecule has 5 nitrogen and oxygen atoms in total. The minimum Gasteiger partial charge on any atom is -0.480 e. The van der Waals surface area contributed by atoms with Crippen LogP contribution in [0.15, 0.2) is 12.4 Å². The number of aromatic nitrogens is 2. The van der Waals surface area contributed by atoms with E-state index in [9.17, 15) is 4.79 Å². The number of imidazole rings is 1. The van der Waals surface area contributed by atoms with E-state index in [1.165, 1.54) is 0 Å². The quantitative estimate of drug-likeness (QED) is 0.690. The zero-order valence-electron chi connectivity index (χ0n) is 7.47. The molecule has 0 radical (unpaired) electrons. The third kappa shape index (κ3) is 1.86. The van der Waals surface area contributed by atoms with Gasteiger partial charge in [-0.25, -0.2) is 9.78 Å². The van der Waals surface area contributed by atoms with Crippen molar-refractivity contribution in [2.75, 3.05) is 6.54 Å². The Morgan fingerprint density at radius 2 is 2.54 bits per heavy atom. The monoisotopic (exact) mass is 183 g/mol. The number of hydrogen-bond acceptors (Lipinski definition) is 3. The van der Waals surface area contributed by atoms with E-state index in [0.717, 1.165) is 5.82 Å². The van der Waals surface area contributed by atoms with Crippen LogP contribution in [0.2, 0.25) is 0 Å². The minimum absolute atomic E-state index is 0.0820. The van der Waals surface area contributed by atoms with Crippen molar-refractivity contribution in [1.82, 2.24) is 9.55 Å². The second kappa shape index (κ2) is 4.04. The number of carboxylic acid groups (broad SMARTS) is 1. The molecule has 0 aliphatic rings. The third-order valence-corrected chi connectivity index (χ3v) is 1.91. The molecule has 1 unspecified atom stereocenters. The molecule has 1 aromatic heterocycles. The van der Waals surface area contributed by atoms with Crippen molar-refractivity contribution >= 4 is 5.97 Å². The first-order chi connectivity index (χ1) is 6.20. The molecule has 0 amide bonds. The van der Waals surface area contributed by atoms with Crippen molar-refractivity contribution in [3.8, 4) is 0 Å². The molecule has 5 heteroatoms. The summed E-state index contributed by atoms with van der Waals surface area (Å²) in [6.45, 7) is 2.01. The standard InChI is InChI=1S/C8H13N3O2/c1-2-7-10-3-4-11(7)6(5-9)8(12)13/h3-4,6H,2,5,9H2,1H3,(H,12,13). The molecular formula is C8H13N3O2. The number of nitrogens with zero attached hydrogens (tertiary/aromatic N) is 2. The second-order valence-electron chi connectivity index (χ2n) is 2.69. The molecule has 0 spiro atoms. The van der Waals surface area contributed by atoms with E-state index in [4.69, 9.17) is 10.8 Å². The van der Waals surface area contributed by atoms with Gasteiger partial charge < -0.3 is 15.4 Å². The van der Waals surface area contributed by atoms with Gasteiger partial charge in [0, 0.05) is 25.4 Å². The van der Waals surface area contributed by atoms with Gasteiger partial charge in [-0.3, -0.25) is 0 Å². The summed E-state index contributed by atoms with van der Waals surface area (Å²) in [5, 5.41) is 8.84. The molecule has 3 N–H and O–H groups in total. The molecule has 0 fully saturated rings. The molecule has 0 saturated carbocycles. The molecule has 1 heterocycles. The Morgan fingerprint density at radius 1 is 1.85 bits per heavy atom. The van der Waals surface area contributed by atoms with Gasteiger partial charge in [0.25, 0.3) is 0 Å². The normalized spacial score (nSPS) is 12.8. The molecule has 13 heavy (non-hydrogen) atoms. The molecule has 0 aromatic carbocycles. The van der Waals surface area contributed by atoms with Crippen molar-refractivity contribution in [3.63, 3.8) is 0 Å². The summed E-state index contributed by atoms with van der Waals surface area (Å²) in [5.74, 6) is -0.173. The number of rotatable bonds is 4. The number of carbonyl (C=O) groups is 1. The van der Waals surface area contributed by atoms with Gasteiger partial charge in [0.2, 0.25) is 0 Å². The molecule has 72 valence electrons. The van der Waals surface area contributed by atoms with Crippen LogP contribution in [0.4, 0.5) is 0 Å². The Balaban J connectivity index is 2.96. The maximum atomic E-state index is 10.8. The largest absolute Gasteiger partial charge is 0.480 e. The second-order valence-corrected chi connectivity index (χ2v) is 2.69. The maximum absolute atomic E-state index is 10.8. The molecule has 1 atom stereocenters. The van der Waals surface area contributed by atoms with Crippen LogP contribution in [0.3, 0.4) is 0 Å². The predicted octanol–water partition coefficient (Wildman–Crippen LogP) is 0.0299. The molecule has 0 aliphatic carbocycles. The highest BCUT2D eigenvalue weighted by atomic mass is 16.4. The zero-order chi connectivity index (χ0) is 9.84. The lowest BCUT2D eigenvalue weighted by Crippen LogP contribution is -2.27. The number of nitrogens with two attached hydrogens (primary N) is 1. The van der Waals surface area contributed by atoms with Crippen molar-refractivity contribution in [1.29, 1.82) is 0 Å². The summed E-state index contributed by atoms with van der Waals surface area (Å²) in [5.41, 5.74) is 5.36. The Labute approximate surface area is 76.2 Å². The van der Waals surface area contributed by atoms with E-state index in [-0.39, 0.29) is 6.54 Å². The Morgan fingerprint density at radius 3 is 3.00 bits per heavy atom. The molecular weight excluding hydrogens is 170 g/mol. The zero-order valence-corrected chi connectivity index (χ0v) is 7.47. The van der Waals surface area contributed by atoms with Crippen molar-refractivity contribution in [2.45, 2.75) is 19.4 Å². The summed E-state index contributed by atoms with van der Waals surface area (Å²) >= 11 is 0. The fourth-order valence-electron chi connectivity index (χ4n) is 1.23. The summed E-state index contributed by atoms with van der Waals surface area (Å²) in [7, 11) is 0. The number of carboxylic acids is 1. The topological polar surface area (TPSA) is 81.1 Å². The first kappa shape index (κ1) is 9.73. The van der Waals surface area contributed by atoms with Gasteiger partial charge >= 0.3 is 5.97 Å². The van der Waals surface area contributed by atoms with Gasteiger partial charge in [-0.1, -0.05) is 6.92 Å². The Hall–Kier alpha value is -1.36. The third-order valence-electron chi connectivity index (χ3n) is 1.91. The van der Waals surface area contributed by atoms with Crippen LogP contribution >= 0.6 is 0 Å². The lowest BCUT2D eigenvalue weighted by molar-refractivity contribution is -0.140. The van der Waals surface area contributed by atoms with Crippen LogP contribution in [0.5, 0.6) is 0 Å². The molecule has 0 saturated heterocycles. The van der Waals surface area contributed by atoms with E-state index < -0.39 is 12.0 Å². The van der Waals surface area contributed by atoms with Crippen LogP contribution in [-0.2, 0) is 11.2 Å². The summed E-state index contributed by atoms with van der Waals surface area (Å²) < 4.78 is 1.60. The van der Waals surface area contributed by atoms with E-state index in [1.807, 2.05) is 6.92 Å². The van der Waals surface area contributed by atoms with Crippen LogP contribution in [-0.4, -0.2) is 27.2 Å². The van der Waals surface area contributed by atoms with Gasteiger partial charge in [-0.15, -0.1) is 0 Å². The average molecular weight is 183 g/mol. The van der Waals surface area contributed by atoms with Crippen molar-refractivity contribution < 1.29 is 9.90 Å². The molecule has 0 aliphatic heterocycles. The van der Waals surface area contributed by atoms with Crippen LogP contribution in [0.1, 0.15) is 18.8 Å². The number of aryl methyl sites for hydroxylation is 1.